The van der Waals surface area contributed by atoms with Crippen molar-refractivity contribution in [2.45, 2.75) is 41.5 Å². The van der Waals surface area contributed by atoms with Gasteiger partial charge in [0.05, 0.1) is 16.5 Å². The summed E-state index contributed by atoms with van der Waals surface area (Å²) in [5.74, 6) is -0.0413. The Kier molecular flexibility index (Phi) is 7.37. The molecule has 2 rings (SSSR count). The number of nitrogens with one attached hydrogen (secondary N) is 1. The fourth-order valence-electron chi connectivity index (χ4n) is 2.43. The Labute approximate surface area is 162 Å². The molecule has 0 amide bonds. The van der Waals surface area contributed by atoms with E-state index in [0.717, 1.165) is 22.7 Å². The van der Waals surface area contributed by atoms with Gasteiger partial charge in [-0.05, 0) is 42.0 Å². The van der Waals surface area contributed by atoms with Crippen LogP contribution in [0.25, 0.3) is 0 Å². The Morgan fingerprint density at radius 2 is 1.88 bits per heavy atom. The molecule has 0 spiro atoms. The van der Waals surface area contributed by atoms with E-state index in [1.54, 1.807) is 17.8 Å². The van der Waals surface area contributed by atoms with Gasteiger partial charge >= 0.3 is 0 Å². The van der Waals surface area contributed by atoms with Crippen molar-refractivity contribution in [1.29, 1.82) is 0 Å². The average molecular weight is 420 g/mol. The van der Waals surface area contributed by atoms with Gasteiger partial charge < -0.3 is 5.11 Å². The number of benzene rings is 1. The third-order valence-electron chi connectivity index (χ3n) is 4.16. The number of rotatable bonds is 8. The van der Waals surface area contributed by atoms with Crippen LogP contribution in [0.1, 0.15) is 31.9 Å². The van der Waals surface area contributed by atoms with Gasteiger partial charge in [-0.3, -0.25) is 0 Å². The maximum atomic E-state index is 12.6. The second kappa shape index (κ2) is 8.88. The maximum absolute atomic E-state index is 12.6. The van der Waals surface area contributed by atoms with Gasteiger partial charge in [0.1, 0.15) is 4.21 Å². The second-order valence-electron chi connectivity index (χ2n) is 5.81. The zero-order valence-electron chi connectivity index (χ0n) is 14.3. The van der Waals surface area contributed by atoms with E-state index in [1.165, 1.54) is 6.07 Å². The van der Waals surface area contributed by atoms with Crippen LogP contribution in [0.15, 0.2) is 45.5 Å². The quantitative estimate of drug-likeness (QED) is 0.616. The summed E-state index contributed by atoms with van der Waals surface area (Å²) in [4.78, 5) is 1.09. The summed E-state index contributed by atoms with van der Waals surface area (Å²) in [7, 11) is -3.74. The lowest BCUT2D eigenvalue weighted by molar-refractivity contribution is 0.112. The van der Waals surface area contributed by atoms with E-state index in [0.29, 0.717) is 9.90 Å². The molecular formula is C17H22ClNO3S3. The summed E-state index contributed by atoms with van der Waals surface area (Å²) in [5.41, 5.74) is 0.690. The van der Waals surface area contributed by atoms with Crippen molar-refractivity contribution >= 4 is 44.7 Å². The molecule has 8 heteroatoms. The summed E-state index contributed by atoms with van der Waals surface area (Å²) in [6.07, 6.45) is 1.78. The lowest BCUT2D eigenvalue weighted by atomic mass is 9.91. The fourth-order valence-corrected chi connectivity index (χ4v) is 5.69. The van der Waals surface area contributed by atoms with Crippen molar-refractivity contribution in [2.24, 2.45) is 5.92 Å². The van der Waals surface area contributed by atoms with Crippen LogP contribution in [-0.4, -0.2) is 25.8 Å². The van der Waals surface area contributed by atoms with Crippen molar-refractivity contribution in [3.63, 3.8) is 0 Å². The van der Waals surface area contributed by atoms with Gasteiger partial charge in [0.15, 0.2) is 0 Å². The van der Waals surface area contributed by atoms with Crippen LogP contribution in [0.4, 0.5) is 0 Å². The SMILES string of the molecule is CC[C@H](C)[C@H](NS(=O)(=O)c1ccc(Cl)s1)C(O)c1ccc(SC)cc1. The molecule has 3 atom stereocenters. The summed E-state index contributed by atoms with van der Waals surface area (Å²) >= 11 is 8.47. The first kappa shape index (κ1) is 20.7. The molecule has 1 unspecified atom stereocenters. The first-order chi connectivity index (χ1) is 11.8. The van der Waals surface area contributed by atoms with Crippen molar-refractivity contribution in [3.8, 4) is 0 Å². The maximum Gasteiger partial charge on any atom is 0.250 e. The molecule has 0 aliphatic rings. The Morgan fingerprint density at radius 1 is 1.24 bits per heavy atom. The standard InChI is InChI=1S/C17H22ClNO3S3/c1-4-11(2)16(17(20)12-5-7-13(23-3)8-6-12)19-25(21,22)15-10-9-14(18)24-15/h5-11,16-17,19-20H,4H2,1-3H3/t11-,16-,17?/m0/s1. The van der Waals surface area contributed by atoms with Crippen LogP contribution in [0.5, 0.6) is 0 Å². The Bertz CT molecular complexity index is 790. The molecule has 0 radical (unpaired) electrons. The normalized spacial score (nSPS) is 15.7. The van der Waals surface area contributed by atoms with Crippen LogP contribution >= 0.6 is 34.7 Å². The van der Waals surface area contributed by atoms with Crippen molar-refractivity contribution < 1.29 is 13.5 Å². The van der Waals surface area contributed by atoms with Gasteiger partial charge in [-0.15, -0.1) is 23.1 Å². The number of thioether (sulfide) groups is 1. The fraction of sp³-hybridized carbons (Fsp3) is 0.412. The second-order valence-corrected chi connectivity index (χ2v) is 10.3. The van der Waals surface area contributed by atoms with Gasteiger partial charge in [0.2, 0.25) is 10.0 Å². The number of hydrogen-bond acceptors (Lipinski definition) is 5. The topological polar surface area (TPSA) is 66.4 Å². The predicted molar refractivity (Wildman–Crippen MR) is 106 cm³/mol. The number of hydrogen-bond donors (Lipinski definition) is 2. The van der Waals surface area contributed by atoms with E-state index in [1.807, 2.05) is 44.4 Å². The highest BCUT2D eigenvalue weighted by Gasteiger charge is 2.31. The molecule has 25 heavy (non-hydrogen) atoms. The smallest absolute Gasteiger partial charge is 0.250 e. The summed E-state index contributed by atoms with van der Waals surface area (Å²) < 4.78 is 28.5. The minimum absolute atomic E-state index is 0.0413. The highest BCUT2D eigenvalue weighted by molar-refractivity contribution is 7.98. The summed E-state index contributed by atoms with van der Waals surface area (Å²) in [6, 6.07) is 9.91. The number of thiophene rings is 1. The number of sulfonamides is 1. The van der Waals surface area contributed by atoms with Gasteiger partial charge in [-0.2, -0.15) is 0 Å². The molecular weight excluding hydrogens is 398 g/mol. The summed E-state index contributed by atoms with van der Waals surface area (Å²) in [6.45, 7) is 3.89. The van der Waals surface area contributed by atoms with Gasteiger partial charge in [-0.1, -0.05) is 44.0 Å². The molecule has 1 aromatic heterocycles. The molecule has 138 valence electrons. The van der Waals surface area contributed by atoms with E-state index < -0.39 is 22.2 Å². The van der Waals surface area contributed by atoms with Crippen LogP contribution in [-0.2, 0) is 10.0 Å². The van der Waals surface area contributed by atoms with Crippen molar-refractivity contribution in [2.75, 3.05) is 6.26 Å². The molecule has 4 nitrogen and oxygen atoms in total. The van der Waals surface area contributed by atoms with Crippen LogP contribution < -0.4 is 4.72 Å². The van der Waals surface area contributed by atoms with Crippen LogP contribution in [0, 0.1) is 5.92 Å². The molecule has 0 aliphatic heterocycles. The van der Waals surface area contributed by atoms with E-state index in [-0.39, 0.29) is 10.1 Å². The Morgan fingerprint density at radius 3 is 2.36 bits per heavy atom. The lowest BCUT2D eigenvalue weighted by Crippen LogP contribution is -2.43. The van der Waals surface area contributed by atoms with Gasteiger partial charge in [-0.25, -0.2) is 13.1 Å². The predicted octanol–water partition coefficient (Wildman–Crippen LogP) is 4.55. The van der Waals surface area contributed by atoms with E-state index in [2.05, 4.69) is 4.72 Å². The van der Waals surface area contributed by atoms with Crippen LogP contribution in [0.2, 0.25) is 4.34 Å². The van der Waals surface area contributed by atoms with Crippen molar-refractivity contribution in [3.05, 3.63) is 46.3 Å². The number of aliphatic hydroxyl groups is 1. The Hall–Kier alpha value is -0.570. The van der Waals surface area contributed by atoms with E-state index >= 15 is 0 Å². The average Bonchev–Trinajstić information content (AvgIpc) is 3.06. The number of halogens is 1. The Balaban J connectivity index is 2.28. The first-order valence-corrected chi connectivity index (χ1v) is 11.8. The highest BCUT2D eigenvalue weighted by atomic mass is 35.5. The zero-order chi connectivity index (χ0) is 18.6. The highest BCUT2D eigenvalue weighted by Crippen LogP contribution is 2.30. The van der Waals surface area contributed by atoms with E-state index in [9.17, 15) is 13.5 Å². The summed E-state index contributed by atoms with van der Waals surface area (Å²) in [5, 5.41) is 10.8. The third kappa shape index (κ3) is 5.21. The first-order valence-electron chi connectivity index (χ1n) is 7.88. The monoisotopic (exact) mass is 419 g/mol. The molecule has 0 saturated carbocycles. The van der Waals surface area contributed by atoms with Crippen molar-refractivity contribution in [1.82, 2.24) is 4.72 Å². The molecule has 0 aliphatic carbocycles. The van der Waals surface area contributed by atoms with Gasteiger partial charge in [0.25, 0.3) is 0 Å². The molecule has 1 heterocycles. The van der Waals surface area contributed by atoms with E-state index in [4.69, 9.17) is 11.6 Å². The molecule has 0 bridgehead atoms. The molecule has 2 aromatic rings. The largest absolute Gasteiger partial charge is 0.387 e. The minimum Gasteiger partial charge on any atom is -0.387 e. The molecule has 2 N–H and O–H groups in total. The molecule has 0 saturated heterocycles. The molecule has 1 aromatic carbocycles. The lowest BCUT2D eigenvalue weighted by Gasteiger charge is -2.29. The zero-order valence-corrected chi connectivity index (χ0v) is 17.5. The van der Waals surface area contributed by atoms with Gasteiger partial charge in [0, 0.05) is 4.90 Å². The minimum atomic E-state index is -3.74. The van der Waals surface area contributed by atoms with Crippen LogP contribution in [0.3, 0.4) is 0 Å². The third-order valence-corrected chi connectivity index (χ3v) is 8.09. The molecule has 0 fully saturated rings. The number of aliphatic hydroxyl groups excluding tert-OH is 1.